The molecule has 2 rings (SSSR count). The molecule has 18 heavy (non-hydrogen) atoms. The fourth-order valence-electron chi connectivity index (χ4n) is 1.95. The van der Waals surface area contributed by atoms with E-state index in [1.807, 2.05) is 24.4 Å². The lowest BCUT2D eigenvalue weighted by atomic mass is 10.1. The fourth-order valence-corrected chi connectivity index (χ4v) is 1.95. The van der Waals surface area contributed by atoms with E-state index in [-0.39, 0.29) is 0 Å². The molecule has 0 spiro atoms. The smallest absolute Gasteiger partial charge is 0.0630 e. The number of fused-ring (bicyclic) bond motifs is 1. The van der Waals surface area contributed by atoms with Crippen LogP contribution in [0.25, 0.3) is 10.8 Å². The normalized spacial score (nSPS) is 12.6. The summed E-state index contributed by atoms with van der Waals surface area (Å²) in [5.74, 6) is 0. The SMILES string of the molecule is COCCC(C)Nc1ccc2cnccc2c1N. The zero-order valence-electron chi connectivity index (χ0n) is 10.8. The molecule has 0 aliphatic carbocycles. The Kier molecular flexibility index (Phi) is 3.99. The van der Waals surface area contributed by atoms with E-state index in [1.54, 1.807) is 13.3 Å². The first-order valence-electron chi connectivity index (χ1n) is 6.10. The minimum atomic E-state index is 0.325. The van der Waals surface area contributed by atoms with Gasteiger partial charge in [0.25, 0.3) is 0 Å². The van der Waals surface area contributed by atoms with Crippen molar-refractivity contribution >= 4 is 22.1 Å². The van der Waals surface area contributed by atoms with Gasteiger partial charge in [0, 0.05) is 42.9 Å². The predicted molar refractivity (Wildman–Crippen MR) is 75.7 cm³/mol. The molecule has 0 amide bonds. The lowest BCUT2D eigenvalue weighted by Crippen LogP contribution is -2.18. The lowest BCUT2D eigenvalue weighted by molar-refractivity contribution is 0.191. The molecule has 3 N–H and O–H groups in total. The maximum atomic E-state index is 6.17. The minimum Gasteiger partial charge on any atom is -0.397 e. The number of benzene rings is 1. The number of hydrogen-bond donors (Lipinski definition) is 2. The second kappa shape index (κ2) is 5.69. The molecule has 0 aliphatic heterocycles. The van der Waals surface area contributed by atoms with E-state index >= 15 is 0 Å². The Balaban J connectivity index is 2.21. The summed E-state index contributed by atoms with van der Waals surface area (Å²) in [7, 11) is 1.71. The molecule has 4 nitrogen and oxygen atoms in total. The Morgan fingerprint density at radius 3 is 3.00 bits per heavy atom. The molecule has 0 bridgehead atoms. The van der Waals surface area contributed by atoms with Crippen molar-refractivity contribution in [1.82, 2.24) is 4.98 Å². The Hall–Kier alpha value is -1.81. The van der Waals surface area contributed by atoms with Gasteiger partial charge in [0.15, 0.2) is 0 Å². The molecule has 1 unspecified atom stereocenters. The topological polar surface area (TPSA) is 60.2 Å². The van der Waals surface area contributed by atoms with Gasteiger partial charge >= 0.3 is 0 Å². The summed E-state index contributed by atoms with van der Waals surface area (Å²) in [5.41, 5.74) is 7.92. The van der Waals surface area contributed by atoms with Crippen LogP contribution in [0.5, 0.6) is 0 Å². The van der Waals surface area contributed by atoms with E-state index in [4.69, 9.17) is 10.5 Å². The molecule has 1 atom stereocenters. The molecular weight excluding hydrogens is 226 g/mol. The van der Waals surface area contributed by atoms with Crippen LogP contribution in [0.3, 0.4) is 0 Å². The molecule has 96 valence electrons. The van der Waals surface area contributed by atoms with Crippen molar-refractivity contribution in [1.29, 1.82) is 0 Å². The largest absolute Gasteiger partial charge is 0.397 e. The van der Waals surface area contributed by atoms with Crippen LogP contribution in [-0.4, -0.2) is 24.7 Å². The summed E-state index contributed by atoms with van der Waals surface area (Å²) in [4.78, 5) is 4.09. The van der Waals surface area contributed by atoms with Crippen LogP contribution in [0.2, 0.25) is 0 Å². The number of nitrogens with one attached hydrogen (secondary N) is 1. The Bertz CT molecular complexity index is 527. The number of pyridine rings is 1. The first-order valence-corrected chi connectivity index (χ1v) is 6.10. The Morgan fingerprint density at radius 1 is 1.39 bits per heavy atom. The summed E-state index contributed by atoms with van der Waals surface area (Å²) in [6.45, 7) is 2.86. The van der Waals surface area contributed by atoms with Gasteiger partial charge in [0.2, 0.25) is 0 Å². The number of nitrogen functional groups attached to an aromatic ring is 1. The number of hydrogen-bond acceptors (Lipinski definition) is 4. The lowest BCUT2D eigenvalue weighted by Gasteiger charge is -2.17. The predicted octanol–water partition coefficient (Wildman–Crippen LogP) is 2.65. The van der Waals surface area contributed by atoms with E-state index in [9.17, 15) is 0 Å². The summed E-state index contributed by atoms with van der Waals surface area (Å²) in [6.07, 6.45) is 4.53. The highest BCUT2D eigenvalue weighted by molar-refractivity contribution is 5.98. The van der Waals surface area contributed by atoms with Gasteiger partial charge in [0.05, 0.1) is 11.4 Å². The number of rotatable bonds is 5. The fraction of sp³-hybridized carbons (Fsp3) is 0.357. The van der Waals surface area contributed by atoms with Crippen molar-refractivity contribution in [3.05, 3.63) is 30.6 Å². The summed E-state index contributed by atoms with van der Waals surface area (Å²) in [6, 6.07) is 6.30. The number of methoxy groups -OCH3 is 1. The van der Waals surface area contributed by atoms with Crippen LogP contribution < -0.4 is 11.1 Å². The van der Waals surface area contributed by atoms with Crippen molar-refractivity contribution in [2.75, 3.05) is 24.8 Å². The quantitative estimate of drug-likeness (QED) is 0.795. The van der Waals surface area contributed by atoms with Crippen LogP contribution in [0, 0.1) is 0 Å². The summed E-state index contributed by atoms with van der Waals surface area (Å²) < 4.78 is 5.07. The van der Waals surface area contributed by atoms with E-state index in [0.717, 1.165) is 35.2 Å². The monoisotopic (exact) mass is 245 g/mol. The average molecular weight is 245 g/mol. The van der Waals surface area contributed by atoms with Gasteiger partial charge in [-0.2, -0.15) is 0 Å². The first-order chi connectivity index (χ1) is 8.72. The van der Waals surface area contributed by atoms with Crippen molar-refractivity contribution < 1.29 is 4.74 Å². The molecule has 0 saturated heterocycles. The third kappa shape index (κ3) is 2.71. The highest BCUT2D eigenvalue weighted by Gasteiger charge is 2.07. The van der Waals surface area contributed by atoms with E-state index in [0.29, 0.717) is 6.04 Å². The second-order valence-corrected chi connectivity index (χ2v) is 4.45. The standard InChI is InChI=1S/C14H19N3O/c1-10(6-8-18-2)17-13-4-3-11-9-16-7-5-12(11)14(13)15/h3-5,7,9-10,17H,6,8,15H2,1-2H3. The molecule has 1 aromatic carbocycles. The summed E-state index contributed by atoms with van der Waals surface area (Å²) in [5, 5.41) is 5.51. The molecule has 0 aliphatic rings. The number of aromatic nitrogens is 1. The molecule has 2 aromatic rings. The summed E-state index contributed by atoms with van der Waals surface area (Å²) >= 11 is 0. The van der Waals surface area contributed by atoms with Crippen LogP contribution in [0.4, 0.5) is 11.4 Å². The third-order valence-corrected chi connectivity index (χ3v) is 3.02. The maximum absolute atomic E-state index is 6.17. The van der Waals surface area contributed by atoms with E-state index < -0.39 is 0 Å². The van der Waals surface area contributed by atoms with Crippen molar-refractivity contribution in [2.24, 2.45) is 0 Å². The van der Waals surface area contributed by atoms with Crippen LogP contribution in [0.1, 0.15) is 13.3 Å². The second-order valence-electron chi connectivity index (χ2n) is 4.45. The van der Waals surface area contributed by atoms with Gasteiger partial charge in [-0.1, -0.05) is 6.07 Å². The van der Waals surface area contributed by atoms with Crippen molar-refractivity contribution in [3.8, 4) is 0 Å². The molecular formula is C14H19N3O. The maximum Gasteiger partial charge on any atom is 0.0630 e. The van der Waals surface area contributed by atoms with Crippen LogP contribution in [-0.2, 0) is 4.74 Å². The molecule has 1 aromatic heterocycles. The van der Waals surface area contributed by atoms with E-state index in [2.05, 4.69) is 17.2 Å². The van der Waals surface area contributed by atoms with Gasteiger partial charge in [-0.3, -0.25) is 4.98 Å². The Labute approximate surface area is 107 Å². The number of nitrogens with two attached hydrogens (primary N) is 1. The van der Waals surface area contributed by atoms with Crippen LogP contribution >= 0.6 is 0 Å². The highest BCUT2D eigenvalue weighted by atomic mass is 16.5. The van der Waals surface area contributed by atoms with Crippen molar-refractivity contribution in [3.63, 3.8) is 0 Å². The third-order valence-electron chi connectivity index (χ3n) is 3.02. The van der Waals surface area contributed by atoms with Gasteiger partial charge in [-0.15, -0.1) is 0 Å². The van der Waals surface area contributed by atoms with E-state index in [1.165, 1.54) is 0 Å². The van der Waals surface area contributed by atoms with Crippen LogP contribution in [0.15, 0.2) is 30.6 Å². The molecule has 4 heteroatoms. The molecule has 0 radical (unpaired) electrons. The van der Waals surface area contributed by atoms with Gasteiger partial charge < -0.3 is 15.8 Å². The van der Waals surface area contributed by atoms with Gasteiger partial charge in [0.1, 0.15) is 0 Å². The highest BCUT2D eigenvalue weighted by Crippen LogP contribution is 2.28. The van der Waals surface area contributed by atoms with Crippen molar-refractivity contribution in [2.45, 2.75) is 19.4 Å². The average Bonchev–Trinajstić information content (AvgIpc) is 2.40. The minimum absolute atomic E-state index is 0.325. The Morgan fingerprint density at radius 2 is 2.22 bits per heavy atom. The van der Waals surface area contributed by atoms with Gasteiger partial charge in [-0.25, -0.2) is 0 Å². The molecule has 0 saturated carbocycles. The molecule has 1 heterocycles. The zero-order chi connectivity index (χ0) is 13.0. The zero-order valence-corrected chi connectivity index (χ0v) is 10.8. The number of anilines is 2. The first kappa shape index (κ1) is 12.6. The number of nitrogens with zero attached hydrogens (tertiary/aromatic N) is 1. The van der Waals surface area contributed by atoms with Gasteiger partial charge in [-0.05, 0) is 25.5 Å². The molecule has 0 fully saturated rings. The number of ether oxygens (including phenoxy) is 1.